The van der Waals surface area contributed by atoms with Crippen molar-refractivity contribution in [2.45, 2.75) is 12.8 Å². The molecule has 0 saturated carbocycles. The van der Waals surface area contributed by atoms with Crippen LogP contribution in [-0.2, 0) is 12.8 Å². The molecule has 6 heteroatoms. The van der Waals surface area contributed by atoms with Crippen LogP contribution in [0.2, 0.25) is 0 Å². The maximum Gasteiger partial charge on any atom is 0.248 e. The highest BCUT2D eigenvalue weighted by Crippen LogP contribution is 2.32. The molecule has 0 aliphatic carbocycles. The number of benzene rings is 3. The minimum absolute atomic E-state index is 0.433. The molecule has 2 heterocycles. The first-order chi connectivity index (χ1) is 14.5. The molecule has 3 aromatic carbocycles. The van der Waals surface area contributed by atoms with Gasteiger partial charge in [0.2, 0.25) is 11.8 Å². The van der Waals surface area contributed by atoms with Crippen LogP contribution in [0, 0.1) is 0 Å². The van der Waals surface area contributed by atoms with Gasteiger partial charge in [0.25, 0.3) is 0 Å². The zero-order valence-corrected chi connectivity index (χ0v) is 16.1. The van der Waals surface area contributed by atoms with Crippen molar-refractivity contribution in [3.63, 3.8) is 0 Å². The Labute approximate surface area is 173 Å². The fourth-order valence-electron chi connectivity index (χ4n) is 3.90. The fourth-order valence-corrected chi connectivity index (χ4v) is 3.90. The molecule has 0 unspecified atom stereocenters. The quantitative estimate of drug-likeness (QED) is 0.708. The molecule has 2 amide bonds. The van der Waals surface area contributed by atoms with Gasteiger partial charge in [-0.1, -0.05) is 24.3 Å². The first kappa shape index (κ1) is 18.0. The van der Waals surface area contributed by atoms with E-state index in [1.165, 1.54) is 0 Å². The number of carbonyl (C=O) groups excluding carboxylic acids is 2. The summed E-state index contributed by atoms with van der Waals surface area (Å²) in [6.07, 6.45) is 1.33. The molecule has 0 saturated heterocycles. The summed E-state index contributed by atoms with van der Waals surface area (Å²) in [6, 6.07) is 18.9. The average molecular weight is 394 g/mol. The highest BCUT2D eigenvalue weighted by molar-refractivity contribution is 6.10. The number of hydrogen-bond acceptors (Lipinski definition) is 4. The van der Waals surface area contributed by atoms with Gasteiger partial charge >= 0.3 is 0 Å². The number of amides is 2. The topological polar surface area (TPSA) is 111 Å². The van der Waals surface area contributed by atoms with E-state index in [4.69, 9.17) is 21.5 Å². The van der Waals surface area contributed by atoms with Gasteiger partial charge in [-0.15, -0.1) is 0 Å². The smallest absolute Gasteiger partial charge is 0.248 e. The van der Waals surface area contributed by atoms with Gasteiger partial charge in [0.05, 0.1) is 22.8 Å². The first-order valence-electron chi connectivity index (χ1n) is 9.59. The molecular weight excluding hydrogens is 376 g/mol. The van der Waals surface area contributed by atoms with Gasteiger partial charge in [0.15, 0.2) is 0 Å². The Balaban J connectivity index is 1.36. The molecule has 4 N–H and O–H groups in total. The van der Waals surface area contributed by atoms with Gasteiger partial charge in [-0.2, -0.15) is 0 Å². The predicted octanol–water partition coefficient (Wildman–Crippen LogP) is 3.24. The van der Waals surface area contributed by atoms with Crippen molar-refractivity contribution in [2.75, 3.05) is 0 Å². The Morgan fingerprint density at radius 3 is 1.40 bits per heavy atom. The molecule has 0 aromatic heterocycles. The minimum Gasteiger partial charge on any atom is -0.366 e. The summed E-state index contributed by atoms with van der Waals surface area (Å²) < 4.78 is 0. The standard InChI is InChI=1S/C24H18N4O2/c25-23(29)15-5-7-19-17(9-15)11-21(27-19)13-1-2-14(4-3-13)22-12-18-10-16(24(26)30)6-8-20(18)28-22/h1-10H,11-12H2,(H2,25,29)(H2,26,30). The van der Waals surface area contributed by atoms with Gasteiger partial charge in [-0.25, -0.2) is 0 Å². The maximum absolute atomic E-state index is 11.4. The van der Waals surface area contributed by atoms with Crippen molar-refractivity contribution < 1.29 is 9.59 Å². The summed E-state index contributed by atoms with van der Waals surface area (Å²) in [5.74, 6) is -0.867. The van der Waals surface area contributed by atoms with Crippen LogP contribution in [0.25, 0.3) is 0 Å². The van der Waals surface area contributed by atoms with E-state index < -0.39 is 11.8 Å². The Bertz CT molecular complexity index is 1190. The molecule has 146 valence electrons. The number of nitrogens with two attached hydrogens (primary N) is 2. The molecule has 30 heavy (non-hydrogen) atoms. The molecule has 0 fully saturated rings. The number of rotatable bonds is 4. The molecule has 6 nitrogen and oxygen atoms in total. The third-order valence-electron chi connectivity index (χ3n) is 5.51. The van der Waals surface area contributed by atoms with E-state index in [2.05, 4.69) is 0 Å². The summed E-state index contributed by atoms with van der Waals surface area (Å²) in [6.45, 7) is 0. The molecular formula is C24H18N4O2. The lowest BCUT2D eigenvalue weighted by atomic mass is 9.99. The van der Waals surface area contributed by atoms with E-state index in [-0.39, 0.29) is 0 Å². The lowest BCUT2D eigenvalue weighted by Gasteiger charge is -2.04. The third kappa shape index (κ3) is 3.08. The molecule has 0 bridgehead atoms. The molecule has 0 spiro atoms. The van der Waals surface area contributed by atoms with Gasteiger partial charge in [-0.3, -0.25) is 19.6 Å². The minimum atomic E-state index is -0.433. The Morgan fingerprint density at radius 2 is 1.03 bits per heavy atom. The maximum atomic E-state index is 11.4. The van der Waals surface area contributed by atoms with Gasteiger partial charge in [-0.05, 0) is 58.7 Å². The molecule has 2 aliphatic rings. The number of aliphatic imine (C=N–C) groups is 2. The van der Waals surface area contributed by atoms with Gasteiger partial charge in [0, 0.05) is 24.0 Å². The lowest BCUT2D eigenvalue weighted by molar-refractivity contribution is 0.0992. The first-order valence-corrected chi connectivity index (χ1v) is 9.59. The van der Waals surface area contributed by atoms with E-state index >= 15 is 0 Å². The number of fused-ring (bicyclic) bond motifs is 2. The summed E-state index contributed by atoms with van der Waals surface area (Å²) in [7, 11) is 0. The van der Waals surface area contributed by atoms with Crippen molar-refractivity contribution in [3.05, 3.63) is 94.0 Å². The Kier molecular flexibility index (Phi) is 4.06. The third-order valence-corrected chi connectivity index (χ3v) is 5.51. The van der Waals surface area contributed by atoms with Crippen molar-refractivity contribution >= 4 is 34.6 Å². The van der Waals surface area contributed by atoms with Gasteiger partial charge < -0.3 is 11.5 Å². The van der Waals surface area contributed by atoms with Crippen molar-refractivity contribution in [1.82, 2.24) is 0 Å². The zero-order chi connectivity index (χ0) is 20.8. The molecule has 0 atom stereocenters. The van der Waals surface area contributed by atoms with E-state index in [0.717, 1.165) is 45.1 Å². The Hall–Kier alpha value is -4.06. The second-order valence-corrected chi connectivity index (χ2v) is 7.46. The zero-order valence-electron chi connectivity index (χ0n) is 16.1. The number of carbonyl (C=O) groups is 2. The molecule has 2 aliphatic heterocycles. The van der Waals surface area contributed by atoms with Crippen molar-refractivity contribution in [3.8, 4) is 0 Å². The second-order valence-electron chi connectivity index (χ2n) is 7.46. The normalized spacial score (nSPS) is 14.0. The van der Waals surface area contributed by atoms with Crippen LogP contribution in [-0.4, -0.2) is 23.2 Å². The highest BCUT2D eigenvalue weighted by atomic mass is 16.1. The van der Waals surface area contributed by atoms with Crippen LogP contribution < -0.4 is 11.5 Å². The molecule has 3 aromatic rings. The summed E-state index contributed by atoms with van der Waals surface area (Å²) in [5, 5.41) is 0. The molecule has 5 rings (SSSR count). The lowest BCUT2D eigenvalue weighted by Crippen LogP contribution is -2.11. The van der Waals surface area contributed by atoms with Crippen molar-refractivity contribution in [1.29, 1.82) is 0 Å². The highest BCUT2D eigenvalue weighted by Gasteiger charge is 2.20. The Morgan fingerprint density at radius 1 is 0.633 bits per heavy atom. The second kappa shape index (κ2) is 6.77. The van der Waals surface area contributed by atoms with E-state index in [9.17, 15) is 9.59 Å². The fraction of sp³-hybridized carbons (Fsp3) is 0.0833. The average Bonchev–Trinajstić information content (AvgIpc) is 3.36. The molecule has 0 radical (unpaired) electrons. The monoisotopic (exact) mass is 394 g/mol. The summed E-state index contributed by atoms with van der Waals surface area (Å²) in [4.78, 5) is 32.2. The predicted molar refractivity (Wildman–Crippen MR) is 116 cm³/mol. The van der Waals surface area contributed by atoms with Crippen LogP contribution in [0.15, 0.2) is 70.6 Å². The van der Waals surface area contributed by atoms with Crippen LogP contribution in [0.4, 0.5) is 11.4 Å². The number of primary amides is 2. The summed E-state index contributed by atoms with van der Waals surface area (Å²) >= 11 is 0. The number of hydrogen-bond donors (Lipinski definition) is 2. The van der Waals surface area contributed by atoms with Gasteiger partial charge in [0.1, 0.15) is 0 Å². The van der Waals surface area contributed by atoms with Crippen LogP contribution in [0.3, 0.4) is 0 Å². The van der Waals surface area contributed by atoms with Crippen molar-refractivity contribution in [2.24, 2.45) is 21.5 Å². The number of nitrogens with zero attached hydrogens (tertiary/aromatic N) is 2. The van der Waals surface area contributed by atoms with Crippen LogP contribution in [0.5, 0.6) is 0 Å². The van der Waals surface area contributed by atoms with Crippen LogP contribution in [0.1, 0.15) is 43.0 Å². The SMILES string of the molecule is NC(=O)c1ccc2c(c1)CC(c1ccc(C3=Nc4ccc(C(N)=O)cc4C3)cc1)=N2. The van der Waals surface area contributed by atoms with Crippen LogP contribution >= 0.6 is 0 Å². The summed E-state index contributed by atoms with van der Waals surface area (Å²) in [5.41, 5.74) is 19.5. The largest absolute Gasteiger partial charge is 0.366 e. The van der Waals surface area contributed by atoms with E-state index in [1.807, 2.05) is 48.5 Å². The van der Waals surface area contributed by atoms with E-state index in [0.29, 0.717) is 24.0 Å². The van der Waals surface area contributed by atoms with E-state index in [1.54, 1.807) is 12.1 Å².